The number of nitrogens with one attached hydrogen (secondary N) is 1. The van der Waals surface area contributed by atoms with E-state index >= 15 is 0 Å². The number of amides is 2. The fraction of sp³-hybridized carbons (Fsp3) is 0.391. The number of hydrogen-bond donors (Lipinski definition) is 1. The van der Waals surface area contributed by atoms with Crippen LogP contribution in [0, 0.1) is 5.82 Å². The lowest BCUT2D eigenvalue weighted by atomic mass is 10.1. The van der Waals surface area contributed by atoms with Gasteiger partial charge in [0.1, 0.15) is 11.9 Å². The van der Waals surface area contributed by atoms with Gasteiger partial charge in [0.05, 0.1) is 5.75 Å². The molecule has 1 atom stereocenters. The molecule has 2 aromatic rings. The molecule has 0 aromatic heterocycles. The average Bonchev–Trinajstić information content (AvgIpc) is 2.74. The summed E-state index contributed by atoms with van der Waals surface area (Å²) in [4.78, 5) is 27.1. The zero-order valence-electron chi connectivity index (χ0n) is 17.4. The number of rotatable bonds is 11. The number of thioether (sulfide) groups is 1. The van der Waals surface area contributed by atoms with E-state index in [2.05, 4.69) is 12.2 Å². The van der Waals surface area contributed by atoms with E-state index in [9.17, 15) is 14.0 Å². The van der Waals surface area contributed by atoms with Crippen molar-refractivity contribution in [2.75, 3.05) is 12.3 Å². The Balaban J connectivity index is 2.02. The van der Waals surface area contributed by atoms with E-state index in [4.69, 9.17) is 11.6 Å². The topological polar surface area (TPSA) is 49.4 Å². The summed E-state index contributed by atoms with van der Waals surface area (Å²) in [7, 11) is 0. The molecule has 162 valence electrons. The van der Waals surface area contributed by atoms with Gasteiger partial charge < -0.3 is 10.2 Å². The number of nitrogens with zero attached hydrogens (tertiary/aromatic N) is 1. The van der Waals surface area contributed by atoms with Crippen molar-refractivity contribution in [3.8, 4) is 0 Å². The highest BCUT2D eigenvalue weighted by molar-refractivity contribution is 7.99. The summed E-state index contributed by atoms with van der Waals surface area (Å²) in [5, 5.41) is 3.56. The maximum Gasteiger partial charge on any atom is 0.242 e. The van der Waals surface area contributed by atoms with Gasteiger partial charge in [0.15, 0.2) is 0 Å². The lowest BCUT2D eigenvalue weighted by molar-refractivity contribution is -0.138. The third-order valence-corrected chi connectivity index (χ3v) is 5.91. The minimum atomic E-state index is -0.615. The zero-order chi connectivity index (χ0) is 21.9. The Kier molecular flexibility index (Phi) is 10.2. The van der Waals surface area contributed by atoms with Crippen LogP contribution < -0.4 is 5.32 Å². The minimum absolute atomic E-state index is 0.128. The van der Waals surface area contributed by atoms with E-state index in [1.165, 1.54) is 23.9 Å². The van der Waals surface area contributed by atoms with Gasteiger partial charge in [-0.3, -0.25) is 9.59 Å². The number of carbonyl (C=O) groups excluding carboxylic acids is 2. The van der Waals surface area contributed by atoms with Crippen LogP contribution in [0.25, 0.3) is 0 Å². The van der Waals surface area contributed by atoms with Crippen molar-refractivity contribution in [2.24, 2.45) is 0 Å². The second-order valence-electron chi connectivity index (χ2n) is 7.09. The van der Waals surface area contributed by atoms with Crippen molar-refractivity contribution in [3.63, 3.8) is 0 Å². The molecular formula is C23H28ClFN2O2S. The van der Waals surface area contributed by atoms with Gasteiger partial charge in [0.25, 0.3) is 0 Å². The van der Waals surface area contributed by atoms with Crippen molar-refractivity contribution in [3.05, 3.63) is 70.5 Å². The number of benzene rings is 2. The van der Waals surface area contributed by atoms with E-state index < -0.39 is 6.04 Å². The van der Waals surface area contributed by atoms with Crippen LogP contribution in [0.3, 0.4) is 0 Å². The lowest BCUT2D eigenvalue weighted by Gasteiger charge is -2.28. The third kappa shape index (κ3) is 8.00. The molecule has 2 aromatic carbocycles. The molecular weight excluding hydrogens is 423 g/mol. The average molecular weight is 451 g/mol. The van der Waals surface area contributed by atoms with Crippen LogP contribution in [0.4, 0.5) is 4.39 Å². The van der Waals surface area contributed by atoms with Gasteiger partial charge in [-0.1, -0.05) is 49.2 Å². The van der Waals surface area contributed by atoms with E-state index in [-0.39, 0.29) is 29.9 Å². The molecule has 4 nitrogen and oxygen atoms in total. The minimum Gasteiger partial charge on any atom is -0.354 e. The predicted molar refractivity (Wildman–Crippen MR) is 122 cm³/mol. The normalized spacial score (nSPS) is 11.7. The van der Waals surface area contributed by atoms with E-state index in [1.807, 2.05) is 24.3 Å². The Labute approximate surface area is 187 Å². The summed E-state index contributed by atoms with van der Waals surface area (Å²) < 4.78 is 13.2. The third-order valence-electron chi connectivity index (χ3n) is 4.67. The Bertz CT molecular complexity index is 815. The molecule has 0 bridgehead atoms. The molecule has 0 saturated carbocycles. The van der Waals surface area contributed by atoms with Crippen molar-refractivity contribution < 1.29 is 14.0 Å². The first kappa shape index (κ1) is 24.2. The van der Waals surface area contributed by atoms with Gasteiger partial charge in [-0.05, 0) is 48.7 Å². The van der Waals surface area contributed by atoms with E-state index in [0.717, 1.165) is 24.0 Å². The molecule has 2 rings (SSSR count). The fourth-order valence-corrected chi connectivity index (χ4v) is 3.82. The van der Waals surface area contributed by atoms with Gasteiger partial charge in [0.2, 0.25) is 11.8 Å². The predicted octanol–water partition coefficient (Wildman–Crippen LogP) is 5.05. The molecule has 0 aliphatic carbocycles. The Morgan fingerprint density at radius 3 is 2.37 bits per heavy atom. The summed E-state index contributed by atoms with van der Waals surface area (Å²) in [5.74, 6) is 0.277. The molecule has 0 aliphatic rings. The molecule has 0 aliphatic heterocycles. The van der Waals surface area contributed by atoms with Gasteiger partial charge in [-0.25, -0.2) is 4.39 Å². The van der Waals surface area contributed by atoms with Crippen LogP contribution in [0.1, 0.15) is 37.8 Å². The van der Waals surface area contributed by atoms with Crippen LogP contribution in [-0.4, -0.2) is 35.1 Å². The molecule has 30 heavy (non-hydrogen) atoms. The Hall–Kier alpha value is -2.05. The lowest BCUT2D eigenvalue weighted by Crippen LogP contribution is -2.48. The van der Waals surface area contributed by atoms with Gasteiger partial charge >= 0.3 is 0 Å². The molecule has 0 saturated heterocycles. The Morgan fingerprint density at radius 1 is 1.10 bits per heavy atom. The Morgan fingerprint density at radius 2 is 1.73 bits per heavy atom. The van der Waals surface area contributed by atoms with Crippen LogP contribution >= 0.6 is 23.4 Å². The first-order chi connectivity index (χ1) is 14.4. The standard InChI is InChI=1S/C23H28ClFN2O2S/c1-3-4-13-26-23(29)17(2)27(14-18-7-11-21(25)12-8-18)22(28)16-30-15-19-5-9-20(24)10-6-19/h5-12,17H,3-4,13-16H2,1-2H3,(H,26,29). The summed E-state index contributed by atoms with van der Waals surface area (Å²) in [6, 6.07) is 12.9. The first-order valence-corrected chi connectivity index (χ1v) is 11.6. The van der Waals surface area contributed by atoms with Gasteiger partial charge in [-0.2, -0.15) is 0 Å². The molecule has 2 amide bonds. The van der Waals surface area contributed by atoms with Gasteiger partial charge in [0, 0.05) is 23.9 Å². The maximum atomic E-state index is 13.2. The molecule has 0 radical (unpaired) electrons. The van der Waals surface area contributed by atoms with Crippen molar-refractivity contribution in [2.45, 2.75) is 45.0 Å². The summed E-state index contributed by atoms with van der Waals surface area (Å²) in [6.45, 7) is 4.62. The monoisotopic (exact) mass is 450 g/mol. The summed E-state index contributed by atoms with van der Waals surface area (Å²) in [6.07, 6.45) is 1.87. The summed E-state index contributed by atoms with van der Waals surface area (Å²) in [5.41, 5.74) is 1.85. The second kappa shape index (κ2) is 12.6. The van der Waals surface area contributed by atoms with Crippen LogP contribution in [-0.2, 0) is 21.9 Å². The fourth-order valence-electron chi connectivity index (χ4n) is 2.82. The SMILES string of the molecule is CCCCNC(=O)C(C)N(Cc1ccc(F)cc1)C(=O)CSCc1ccc(Cl)cc1. The van der Waals surface area contributed by atoms with Crippen LogP contribution in [0.15, 0.2) is 48.5 Å². The van der Waals surface area contributed by atoms with E-state index in [0.29, 0.717) is 17.3 Å². The van der Waals surface area contributed by atoms with Crippen molar-refractivity contribution in [1.29, 1.82) is 0 Å². The molecule has 1 unspecified atom stereocenters. The molecule has 0 spiro atoms. The highest BCUT2D eigenvalue weighted by atomic mass is 35.5. The number of unbranched alkanes of at least 4 members (excludes halogenated alkanes) is 1. The molecule has 1 N–H and O–H groups in total. The molecule has 7 heteroatoms. The maximum absolute atomic E-state index is 13.2. The second-order valence-corrected chi connectivity index (χ2v) is 8.51. The van der Waals surface area contributed by atoms with Crippen LogP contribution in [0.2, 0.25) is 5.02 Å². The highest BCUT2D eigenvalue weighted by Crippen LogP contribution is 2.18. The smallest absolute Gasteiger partial charge is 0.242 e. The zero-order valence-corrected chi connectivity index (χ0v) is 18.9. The quantitative estimate of drug-likeness (QED) is 0.487. The largest absolute Gasteiger partial charge is 0.354 e. The summed E-state index contributed by atoms with van der Waals surface area (Å²) >= 11 is 7.39. The van der Waals surface area contributed by atoms with E-state index in [1.54, 1.807) is 24.0 Å². The number of halogens is 2. The number of hydrogen-bond acceptors (Lipinski definition) is 3. The van der Waals surface area contributed by atoms with Crippen LogP contribution in [0.5, 0.6) is 0 Å². The van der Waals surface area contributed by atoms with Crippen molar-refractivity contribution in [1.82, 2.24) is 10.2 Å². The number of carbonyl (C=O) groups is 2. The van der Waals surface area contributed by atoms with Crippen molar-refractivity contribution >= 4 is 35.2 Å². The van der Waals surface area contributed by atoms with Gasteiger partial charge in [-0.15, -0.1) is 11.8 Å². The molecule has 0 heterocycles. The molecule has 0 fully saturated rings. The first-order valence-electron chi connectivity index (χ1n) is 10.0. The highest BCUT2D eigenvalue weighted by Gasteiger charge is 2.25.